The third-order valence-electron chi connectivity index (χ3n) is 5.42. The fraction of sp³-hybridized carbons (Fsp3) is 0.889. The Hall–Kier alpha value is -1.10. The first-order chi connectivity index (χ1) is 10.9. The molecule has 4 unspecified atom stereocenters. The first-order valence-corrected chi connectivity index (χ1v) is 9.03. The number of carboxylic acids is 1. The predicted octanol–water partition coefficient (Wildman–Crippen LogP) is 3.07. The van der Waals surface area contributed by atoms with Crippen molar-refractivity contribution in [3.63, 3.8) is 0 Å². The summed E-state index contributed by atoms with van der Waals surface area (Å²) >= 11 is 0. The van der Waals surface area contributed by atoms with Crippen LogP contribution in [0.3, 0.4) is 0 Å². The summed E-state index contributed by atoms with van der Waals surface area (Å²) in [6, 6.07) is 0. The van der Waals surface area contributed by atoms with Gasteiger partial charge in [-0.2, -0.15) is 0 Å². The van der Waals surface area contributed by atoms with Crippen molar-refractivity contribution in [3.05, 3.63) is 0 Å². The number of nitrogens with zero attached hydrogens (tertiary/aromatic N) is 1. The molecule has 1 aliphatic heterocycles. The Bertz CT molecular complexity index is 439. The molecule has 1 aliphatic carbocycles. The third kappa shape index (κ3) is 4.46. The van der Waals surface area contributed by atoms with Crippen LogP contribution >= 0.6 is 0 Å². The van der Waals surface area contributed by atoms with E-state index in [1.165, 1.54) is 6.42 Å². The molecule has 5 heteroatoms. The van der Waals surface area contributed by atoms with Gasteiger partial charge in [0.2, 0.25) is 0 Å². The second-order valence-electron chi connectivity index (χ2n) is 7.66. The van der Waals surface area contributed by atoms with Crippen molar-refractivity contribution in [2.75, 3.05) is 13.1 Å². The lowest BCUT2D eigenvalue weighted by molar-refractivity contribution is -0.160. The number of aliphatic carboxylic acids is 1. The Morgan fingerprint density at radius 2 is 2.09 bits per heavy atom. The summed E-state index contributed by atoms with van der Waals surface area (Å²) in [5.41, 5.74) is -0.828. The van der Waals surface area contributed by atoms with E-state index >= 15 is 0 Å². The average molecular weight is 325 g/mol. The van der Waals surface area contributed by atoms with E-state index in [0.717, 1.165) is 25.7 Å². The monoisotopic (exact) mass is 325 g/mol. The topological polar surface area (TPSA) is 66.8 Å². The molecule has 132 valence electrons. The summed E-state index contributed by atoms with van der Waals surface area (Å²) in [4.78, 5) is 26.0. The van der Waals surface area contributed by atoms with Crippen LogP contribution in [0.1, 0.15) is 65.7 Å². The quantitative estimate of drug-likeness (QED) is 0.843. The zero-order chi connectivity index (χ0) is 17.0. The number of hydrogen-bond donors (Lipinski definition) is 1. The fourth-order valence-electron chi connectivity index (χ4n) is 3.87. The molecule has 0 spiro atoms. The first kappa shape index (κ1) is 18.2. The summed E-state index contributed by atoms with van der Waals surface area (Å²) in [6.07, 6.45) is 6.21. The van der Waals surface area contributed by atoms with Gasteiger partial charge in [-0.05, 0) is 44.9 Å². The van der Waals surface area contributed by atoms with Crippen LogP contribution in [0, 0.1) is 11.3 Å². The molecule has 0 radical (unpaired) electrons. The molecule has 0 aromatic rings. The van der Waals surface area contributed by atoms with Crippen molar-refractivity contribution in [1.82, 2.24) is 4.90 Å². The van der Waals surface area contributed by atoms with E-state index in [-0.39, 0.29) is 12.0 Å². The number of hydrogen-bond acceptors (Lipinski definition) is 3. The van der Waals surface area contributed by atoms with Crippen LogP contribution in [-0.4, -0.2) is 47.2 Å². The smallest absolute Gasteiger partial charge is 0.311 e. The molecule has 23 heavy (non-hydrogen) atoms. The van der Waals surface area contributed by atoms with Crippen molar-refractivity contribution >= 4 is 11.9 Å². The van der Waals surface area contributed by atoms with Gasteiger partial charge in [0.1, 0.15) is 6.10 Å². The number of ether oxygens (including phenoxy) is 1. The van der Waals surface area contributed by atoms with E-state index in [2.05, 4.69) is 6.92 Å². The fourth-order valence-corrected chi connectivity index (χ4v) is 3.87. The van der Waals surface area contributed by atoms with Crippen LogP contribution in [0.2, 0.25) is 0 Å². The summed E-state index contributed by atoms with van der Waals surface area (Å²) in [6.45, 7) is 6.88. The number of carbonyl (C=O) groups excluding carboxylic acids is 1. The van der Waals surface area contributed by atoms with Crippen molar-refractivity contribution in [3.8, 4) is 0 Å². The normalized spacial score (nSPS) is 33.3. The second kappa shape index (κ2) is 7.65. The highest BCUT2D eigenvalue weighted by atomic mass is 16.5. The van der Waals surface area contributed by atoms with E-state index in [9.17, 15) is 14.7 Å². The van der Waals surface area contributed by atoms with Crippen LogP contribution in [0.15, 0.2) is 0 Å². The van der Waals surface area contributed by atoms with E-state index in [4.69, 9.17) is 4.74 Å². The Labute approximate surface area is 139 Å². The highest BCUT2D eigenvalue weighted by Crippen LogP contribution is 2.31. The van der Waals surface area contributed by atoms with Gasteiger partial charge >= 0.3 is 5.97 Å². The lowest BCUT2D eigenvalue weighted by atomic mass is 9.82. The Kier molecular flexibility index (Phi) is 6.06. The summed E-state index contributed by atoms with van der Waals surface area (Å²) in [7, 11) is 0. The second-order valence-corrected chi connectivity index (χ2v) is 7.66. The van der Waals surface area contributed by atoms with Gasteiger partial charge in [-0.15, -0.1) is 0 Å². The number of amides is 1. The van der Waals surface area contributed by atoms with Gasteiger partial charge in [0.15, 0.2) is 0 Å². The number of carbonyl (C=O) groups is 2. The number of likely N-dealkylation sites (tertiary alicyclic amines) is 1. The minimum atomic E-state index is -0.828. The van der Waals surface area contributed by atoms with Crippen LogP contribution in [-0.2, 0) is 14.3 Å². The SMILES string of the molecule is CCC(OC1CCCC(C)C1)C(=O)N1CCCC(C)(C(=O)O)C1. The minimum Gasteiger partial charge on any atom is -0.481 e. The van der Waals surface area contributed by atoms with Crippen molar-refractivity contribution < 1.29 is 19.4 Å². The zero-order valence-electron chi connectivity index (χ0n) is 14.7. The first-order valence-electron chi connectivity index (χ1n) is 9.03. The van der Waals surface area contributed by atoms with Gasteiger partial charge in [-0.25, -0.2) is 0 Å². The number of carboxylic acid groups (broad SMARTS) is 1. The van der Waals surface area contributed by atoms with Gasteiger partial charge in [-0.1, -0.05) is 26.7 Å². The van der Waals surface area contributed by atoms with Gasteiger partial charge in [0.05, 0.1) is 11.5 Å². The molecule has 1 N–H and O–H groups in total. The van der Waals surface area contributed by atoms with Crippen molar-refractivity contribution in [2.24, 2.45) is 11.3 Å². The minimum absolute atomic E-state index is 0.0297. The molecule has 2 fully saturated rings. The van der Waals surface area contributed by atoms with E-state index < -0.39 is 17.5 Å². The molecule has 4 atom stereocenters. The molecule has 0 aromatic carbocycles. The Balaban J connectivity index is 1.97. The van der Waals surface area contributed by atoms with Crippen molar-refractivity contribution in [1.29, 1.82) is 0 Å². The van der Waals surface area contributed by atoms with Gasteiger partial charge in [0, 0.05) is 13.1 Å². The van der Waals surface area contributed by atoms with E-state index in [0.29, 0.717) is 31.8 Å². The summed E-state index contributed by atoms with van der Waals surface area (Å²) < 4.78 is 6.12. The maximum Gasteiger partial charge on any atom is 0.311 e. The molecule has 1 saturated heterocycles. The lowest BCUT2D eigenvalue weighted by Crippen LogP contribution is -2.52. The van der Waals surface area contributed by atoms with Gasteiger partial charge in [-0.3, -0.25) is 9.59 Å². The third-order valence-corrected chi connectivity index (χ3v) is 5.42. The molecule has 1 saturated carbocycles. The molecular weight excluding hydrogens is 294 g/mol. The summed E-state index contributed by atoms with van der Waals surface area (Å²) in [5, 5.41) is 9.41. The molecule has 1 heterocycles. The molecule has 0 bridgehead atoms. The maximum absolute atomic E-state index is 12.8. The maximum atomic E-state index is 12.8. The van der Waals surface area contributed by atoms with Crippen LogP contribution in [0.5, 0.6) is 0 Å². The molecule has 2 rings (SSSR count). The molecular formula is C18H31NO4. The Morgan fingerprint density at radius 3 is 2.70 bits per heavy atom. The van der Waals surface area contributed by atoms with Crippen LogP contribution < -0.4 is 0 Å². The molecule has 2 aliphatic rings. The highest BCUT2D eigenvalue weighted by Gasteiger charge is 2.41. The summed E-state index contributed by atoms with van der Waals surface area (Å²) in [5.74, 6) is -0.186. The van der Waals surface area contributed by atoms with Crippen LogP contribution in [0.4, 0.5) is 0 Å². The van der Waals surface area contributed by atoms with Gasteiger partial charge < -0.3 is 14.7 Å². The number of piperidine rings is 1. The zero-order valence-corrected chi connectivity index (χ0v) is 14.7. The highest BCUT2D eigenvalue weighted by molar-refractivity contribution is 5.82. The predicted molar refractivity (Wildman–Crippen MR) is 88.1 cm³/mol. The average Bonchev–Trinajstić information content (AvgIpc) is 2.52. The lowest BCUT2D eigenvalue weighted by Gasteiger charge is -2.39. The Morgan fingerprint density at radius 1 is 1.35 bits per heavy atom. The molecule has 1 amide bonds. The van der Waals surface area contributed by atoms with Gasteiger partial charge in [0.25, 0.3) is 5.91 Å². The van der Waals surface area contributed by atoms with Crippen LogP contribution in [0.25, 0.3) is 0 Å². The van der Waals surface area contributed by atoms with Crippen molar-refractivity contribution in [2.45, 2.75) is 77.9 Å². The largest absolute Gasteiger partial charge is 0.481 e. The standard InChI is InChI=1S/C18H31NO4/c1-4-15(23-14-8-5-7-13(2)11-14)16(20)19-10-6-9-18(3,12-19)17(21)22/h13-15H,4-12H2,1-3H3,(H,21,22). The molecule has 5 nitrogen and oxygen atoms in total. The van der Waals surface area contributed by atoms with E-state index in [1.54, 1.807) is 11.8 Å². The molecule has 0 aromatic heterocycles. The number of rotatable bonds is 5. The van der Waals surface area contributed by atoms with E-state index in [1.807, 2.05) is 6.92 Å².